The predicted octanol–water partition coefficient (Wildman–Crippen LogP) is 2.36. The summed E-state index contributed by atoms with van der Waals surface area (Å²) in [5, 5.41) is 6.09. The number of carbonyl (C=O) groups excluding carboxylic acids is 1. The highest BCUT2D eigenvalue weighted by molar-refractivity contribution is 7.80. The summed E-state index contributed by atoms with van der Waals surface area (Å²) in [5.74, 6) is -0.240. The van der Waals surface area contributed by atoms with Crippen molar-refractivity contribution >= 4 is 23.2 Å². The van der Waals surface area contributed by atoms with Crippen LogP contribution in [0.4, 0.5) is 13.2 Å². The fourth-order valence-electron chi connectivity index (χ4n) is 3.06. The van der Waals surface area contributed by atoms with Gasteiger partial charge in [-0.3, -0.25) is 4.79 Å². The summed E-state index contributed by atoms with van der Waals surface area (Å²) in [5.41, 5.74) is 0.462. The molecule has 9 heteroatoms. The van der Waals surface area contributed by atoms with E-state index >= 15 is 0 Å². The monoisotopic (exact) mass is 385 g/mol. The molecule has 2 aliphatic rings. The number of benzene rings is 1. The molecule has 140 valence electrons. The summed E-state index contributed by atoms with van der Waals surface area (Å²) in [6.45, 7) is 3.45. The molecule has 2 N–H and O–H groups in total. The molecule has 2 heterocycles. The number of hydrogen-bond donors (Lipinski definition) is 2. The minimum Gasteiger partial charge on any atom is -0.378 e. The quantitative estimate of drug-likeness (QED) is 0.766. The molecule has 1 aromatic rings. The van der Waals surface area contributed by atoms with Crippen LogP contribution in [0, 0.1) is 0 Å². The van der Waals surface area contributed by atoms with Crippen LogP contribution in [-0.2, 0) is 15.7 Å². The number of allylic oxidation sites excluding steroid dienone is 1. The zero-order chi connectivity index (χ0) is 18.9. The van der Waals surface area contributed by atoms with E-state index in [1.54, 1.807) is 17.9 Å². The Morgan fingerprint density at radius 1 is 1.31 bits per heavy atom. The lowest BCUT2D eigenvalue weighted by Gasteiger charge is -2.35. The first kappa shape index (κ1) is 18.7. The predicted molar refractivity (Wildman–Crippen MR) is 93.2 cm³/mol. The Bertz CT molecular complexity index is 758. The van der Waals surface area contributed by atoms with Crippen LogP contribution in [0.25, 0.3) is 0 Å². The zero-order valence-corrected chi connectivity index (χ0v) is 14.8. The zero-order valence-electron chi connectivity index (χ0n) is 14.0. The van der Waals surface area contributed by atoms with Gasteiger partial charge in [0.25, 0.3) is 5.91 Å². The highest BCUT2D eigenvalue weighted by Gasteiger charge is 2.35. The van der Waals surface area contributed by atoms with Crippen molar-refractivity contribution in [2.45, 2.75) is 19.1 Å². The highest BCUT2D eigenvalue weighted by Crippen LogP contribution is 2.34. The van der Waals surface area contributed by atoms with Gasteiger partial charge in [0.1, 0.15) is 0 Å². The first-order chi connectivity index (χ1) is 12.3. The number of thiocarbonyl (C=S) groups is 1. The molecule has 1 atom stereocenters. The number of hydrogen-bond acceptors (Lipinski definition) is 3. The van der Waals surface area contributed by atoms with Gasteiger partial charge in [-0.2, -0.15) is 13.2 Å². The molecule has 0 unspecified atom stereocenters. The van der Waals surface area contributed by atoms with E-state index in [1.807, 2.05) is 0 Å². The van der Waals surface area contributed by atoms with Crippen molar-refractivity contribution in [1.29, 1.82) is 0 Å². The van der Waals surface area contributed by atoms with Gasteiger partial charge in [0, 0.05) is 18.8 Å². The number of nitrogens with zero attached hydrogens (tertiary/aromatic N) is 1. The maximum absolute atomic E-state index is 13.1. The van der Waals surface area contributed by atoms with Crippen molar-refractivity contribution in [1.82, 2.24) is 15.5 Å². The average Bonchev–Trinajstić information content (AvgIpc) is 2.61. The van der Waals surface area contributed by atoms with Crippen molar-refractivity contribution in [2.24, 2.45) is 0 Å². The maximum atomic E-state index is 13.1. The van der Waals surface area contributed by atoms with Gasteiger partial charge in [0.05, 0.1) is 30.4 Å². The second-order valence-electron chi connectivity index (χ2n) is 6.10. The van der Waals surface area contributed by atoms with Crippen molar-refractivity contribution in [3.63, 3.8) is 0 Å². The van der Waals surface area contributed by atoms with Crippen molar-refractivity contribution in [2.75, 3.05) is 26.3 Å². The van der Waals surface area contributed by atoms with Gasteiger partial charge in [-0.1, -0.05) is 12.1 Å². The molecular formula is C17H18F3N3O2S. The third-order valence-electron chi connectivity index (χ3n) is 4.35. The Balaban J connectivity index is 1.99. The summed E-state index contributed by atoms with van der Waals surface area (Å²) in [4.78, 5) is 14.6. The maximum Gasteiger partial charge on any atom is 0.416 e. The normalized spacial score (nSPS) is 21.3. The van der Waals surface area contributed by atoms with E-state index in [0.29, 0.717) is 43.1 Å². The van der Waals surface area contributed by atoms with Crippen LogP contribution in [0.2, 0.25) is 0 Å². The summed E-state index contributed by atoms with van der Waals surface area (Å²) in [6.07, 6.45) is -4.46. The van der Waals surface area contributed by atoms with Crippen LogP contribution in [-0.4, -0.2) is 42.2 Å². The van der Waals surface area contributed by atoms with Crippen LogP contribution < -0.4 is 10.6 Å². The number of ether oxygens (including phenoxy) is 1. The highest BCUT2D eigenvalue weighted by atomic mass is 32.1. The van der Waals surface area contributed by atoms with Gasteiger partial charge in [0.15, 0.2) is 5.11 Å². The van der Waals surface area contributed by atoms with Gasteiger partial charge in [0.2, 0.25) is 0 Å². The van der Waals surface area contributed by atoms with E-state index in [9.17, 15) is 18.0 Å². The minimum absolute atomic E-state index is 0.240. The van der Waals surface area contributed by atoms with Gasteiger partial charge >= 0.3 is 6.18 Å². The van der Waals surface area contributed by atoms with E-state index in [4.69, 9.17) is 17.0 Å². The summed E-state index contributed by atoms with van der Waals surface area (Å²) in [7, 11) is 0. The van der Waals surface area contributed by atoms with Crippen molar-refractivity contribution in [3.05, 3.63) is 46.7 Å². The summed E-state index contributed by atoms with van der Waals surface area (Å²) < 4.78 is 44.5. The molecule has 0 spiro atoms. The Kier molecular flexibility index (Phi) is 5.19. The van der Waals surface area contributed by atoms with Gasteiger partial charge in [-0.05, 0) is 36.8 Å². The molecule has 1 fully saturated rings. The molecule has 5 nitrogen and oxygen atoms in total. The van der Waals surface area contributed by atoms with E-state index in [0.717, 1.165) is 12.1 Å². The molecule has 0 bridgehead atoms. The largest absolute Gasteiger partial charge is 0.416 e. The number of amides is 1. The lowest BCUT2D eigenvalue weighted by atomic mass is 9.93. The molecule has 0 aromatic heterocycles. The smallest absolute Gasteiger partial charge is 0.378 e. The fourth-order valence-corrected chi connectivity index (χ4v) is 3.33. The van der Waals surface area contributed by atoms with Crippen molar-refractivity contribution in [3.8, 4) is 0 Å². The topological polar surface area (TPSA) is 53.6 Å². The molecule has 3 rings (SSSR count). The van der Waals surface area contributed by atoms with Gasteiger partial charge in [-0.15, -0.1) is 0 Å². The molecule has 26 heavy (non-hydrogen) atoms. The molecule has 2 aliphatic heterocycles. The molecule has 1 saturated heterocycles. The fraction of sp³-hybridized carbons (Fsp3) is 0.412. The Labute approximate surface area is 154 Å². The second-order valence-corrected chi connectivity index (χ2v) is 6.51. The third kappa shape index (κ3) is 3.83. The molecule has 0 radical (unpaired) electrons. The van der Waals surface area contributed by atoms with Crippen LogP contribution in [0.5, 0.6) is 0 Å². The van der Waals surface area contributed by atoms with Crippen molar-refractivity contribution < 1.29 is 22.7 Å². The SMILES string of the molecule is CC1=C(C(=O)N2CCOCC2)[C@H](c2cccc(C(F)(F)F)c2)NC(=S)N1. The van der Waals surface area contributed by atoms with Crippen LogP contribution in [0.15, 0.2) is 35.5 Å². The Hall–Kier alpha value is -2.13. The Morgan fingerprint density at radius 2 is 2.00 bits per heavy atom. The minimum atomic E-state index is -4.46. The average molecular weight is 385 g/mol. The van der Waals surface area contributed by atoms with Gasteiger partial charge in [-0.25, -0.2) is 0 Å². The summed E-state index contributed by atoms with van der Waals surface area (Å²) in [6, 6.07) is 4.19. The summed E-state index contributed by atoms with van der Waals surface area (Å²) >= 11 is 5.14. The number of alkyl halides is 3. The number of carbonyl (C=O) groups is 1. The van der Waals surface area contributed by atoms with Gasteiger partial charge < -0.3 is 20.3 Å². The number of halogens is 3. The molecule has 0 aliphatic carbocycles. The lowest BCUT2D eigenvalue weighted by Crippen LogP contribution is -2.49. The second kappa shape index (κ2) is 7.24. The van der Waals surface area contributed by atoms with E-state index < -0.39 is 17.8 Å². The van der Waals surface area contributed by atoms with Crippen LogP contribution >= 0.6 is 12.2 Å². The standard InChI is InChI=1S/C17H18F3N3O2S/c1-10-13(15(24)23-5-7-25-8-6-23)14(22-16(26)21-10)11-3-2-4-12(9-11)17(18,19)20/h2-4,9,14H,5-8H2,1H3,(H2,21,22,26)/t14-/m0/s1. The van der Waals surface area contributed by atoms with E-state index in [1.165, 1.54) is 6.07 Å². The van der Waals surface area contributed by atoms with E-state index in [-0.39, 0.29) is 11.0 Å². The molecule has 1 aromatic carbocycles. The first-order valence-corrected chi connectivity index (χ1v) is 8.50. The first-order valence-electron chi connectivity index (χ1n) is 8.10. The molecular weight excluding hydrogens is 367 g/mol. The number of morpholine rings is 1. The van der Waals surface area contributed by atoms with E-state index in [2.05, 4.69) is 10.6 Å². The number of nitrogens with one attached hydrogen (secondary N) is 2. The third-order valence-corrected chi connectivity index (χ3v) is 4.57. The Morgan fingerprint density at radius 3 is 2.65 bits per heavy atom. The lowest BCUT2D eigenvalue weighted by molar-refractivity contribution is -0.137. The molecule has 1 amide bonds. The molecule has 0 saturated carbocycles. The van der Waals surface area contributed by atoms with Crippen LogP contribution in [0.3, 0.4) is 0 Å². The number of rotatable bonds is 2. The van der Waals surface area contributed by atoms with Crippen LogP contribution in [0.1, 0.15) is 24.1 Å².